The molecule has 0 atom stereocenters. The molecule has 6 nitrogen and oxygen atoms in total. The predicted molar refractivity (Wildman–Crippen MR) is 98.2 cm³/mol. The van der Waals surface area contributed by atoms with E-state index < -0.39 is 6.09 Å². The highest BCUT2D eigenvalue weighted by Crippen LogP contribution is 2.38. The number of Topliss-reactive ketones (excluding diaryl/α,β-unsaturated/α-hetero) is 1. The largest absolute Gasteiger partial charge is 0.454 e. The molecular formula is C21H19NO5. The summed E-state index contributed by atoms with van der Waals surface area (Å²) in [6.07, 6.45) is 2.65. The van der Waals surface area contributed by atoms with Crippen molar-refractivity contribution in [3.63, 3.8) is 0 Å². The van der Waals surface area contributed by atoms with Crippen LogP contribution < -0.4 is 14.8 Å². The standard InChI is InChI=1S/C21H19NO5/c23-18-8-4-7-16(18)17-10-20-19(26-13-27-20)9-15(17)11-22-21(24)25-12-14-5-2-1-3-6-14/h1-3,5-7,9-10H,4,8,11-13H2,(H,22,24). The Morgan fingerprint density at radius 1 is 1.11 bits per heavy atom. The van der Waals surface area contributed by atoms with E-state index in [9.17, 15) is 9.59 Å². The summed E-state index contributed by atoms with van der Waals surface area (Å²) in [7, 11) is 0. The molecule has 0 unspecified atom stereocenters. The third kappa shape index (κ3) is 3.79. The number of fused-ring (bicyclic) bond motifs is 1. The normalized spacial score (nSPS) is 14.8. The van der Waals surface area contributed by atoms with Gasteiger partial charge in [0, 0.05) is 18.5 Å². The molecule has 1 amide bonds. The fraction of sp³-hybridized carbons (Fsp3) is 0.238. The Morgan fingerprint density at radius 3 is 2.63 bits per heavy atom. The smallest absolute Gasteiger partial charge is 0.407 e. The van der Waals surface area contributed by atoms with Crippen LogP contribution in [0.4, 0.5) is 4.79 Å². The van der Waals surface area contributed by atoms with Gasteiger partial charge in [0.15, 0.2) is 17.3 Å². The van der Waals surface area contributed by atoms with Crippen molar-refractivity contribution >= 4 is 17.4 Å². The van der Waals surface area contributed by atoms with E-state index in [-0.39, 0.29) is 25.7 Å². The number of alkyl carbamates (subject to hydrolysis) is 1. The summed E-state index contributed by atoms with van der Waals surface area (Å²) < 4.78 is 16.1. The van der Waals surface area contributed by atoms with Crippen LogP contribution in [0.3, 0.4) is 0 Å². The van der Waals surface area contributed by atoms with Crippen molar-refractivity contribution in [2.24, 2.45) is 0 Å². The van der Waals surface area contributed by atoms with Crippen LogP contribution in [-0.4, -0.2) is 18.7 Å². The van der Waals surface area contributed by atoms with Gasteiger partial charge in [0.05, 0.1) is 0 Å². The van der Waals surface area contributed by atoms with Crippen molar-refractivity contribution in [3.05, 3.63) is 65.2 Å². The molecule has 2 aromatic rings. The Hall–Kier alpha value is -3.28. The first-order chi connectivity index (χ1) is 13.2. The maximum Gasteiger partial charge on any atom is 0.407 e. The lowest BCUT2D eigenvalue weighted by molar-refractivity contribution is -0.113. The summed E-state index contributed by atoms with van der Waals surface area (Å²) in [5, 5.41) is 2.74. The first kappa shape index (κ1) is 17.1. The summed E-state index contributed by atoms with van der Waals surface area (Å²) in [5.74, 6) is 1.32. The number of rotatable bonds is 5. The molecule has 1 aliphatic heterocycles. The third-order valence-electron chi connectivity index (χ3n) is 4.54. The van der Waals surface area contributed by atoms with Gasteiger partial charge < -0.3 is 19.5 Å². The van der Waals surface area contributed by atoms with Gasteiger partial charge in [0.2, 0.25) is 6.79 Å². The number of hydrogen-bond acceptors (Lipinski definition) is 5. The molecule has 0 bridgehead atoms. The number of amides is 1. The average molecular weight is 365 g/mol. The van der Waals surface area contributed by atoms with Crippen LogP contribution >= 0.6 is 0 Å². The minimum absolute atomic E-state index is 0.0989. The van der Waals surface area contributed by atoms with Gasteiger partial charge in [-0.2, -0.15) is 0 Å². The molecule has 1 N–H and O–H groups in total. The van der Waals surface area contributed by atoms with Crippen LogP contribution in [0.5, 0.6) is 11.5 Å². The maximum atomic E-state index is 12.2. The Bertz CT molecular complexity index is 904. The van der Waals surface area contributed by atoms with Crippen molar-refractivity contribution in [1.82, 2.24) is 5.32 Å². The van der Waals surface area contributed by atoms with Gasteiger partial charge in [0.25, 0.3) is 0 Å². The van der Waals surface area contributed by atoms with Crippen molar-refractivity contribution in [3.8, 4) is 11.5 Å². The molecule has 0 fully saturated rings. The summed E-state index contributed by atoms with van der Waals surface area (Å²) in [6, 6.07) is 13.1. The molecule has 1 heterocycles. The lowest BCUT2D eigenvalue weighted by Crippen LogP contribution is -2.24. The maximum absolute atomic E-state index is 12.2. The topological polar surface area (TPSA) is 73.9 Å². The Morgan fingerprint density at radius 2 is 1.89 bits per heavy atom. The van der Waals surface area contributed by atoms with E-state index in [1.54, 1.807) is 0 Å². The molecular weight excluding hydrogens is 346 g/mol. The van der Waals surface area contributed by atoms with Gasteiger partial charge >= 0.3 is 6.09 Å². The molecule has 0 saturated carbocycles. The zero-order chi connectivity index (χ0) is 18.6. The predicted octanol–water partition coefficient (Wildman–Crippen LogP) is 3.59. The summed E-state index contributed by atoms with van der Waals surface area (Å²) >= 11 is 0. The van der Waals surface area contributed by atoms with E-state index in [1.807, 2.05) is 48.5 Å². The molecule has 2 aromatic carbocycles. The fourth-order valence-electron chi connectivity index (χ4n) is 3.18. The van der Waals surface area contributed by atoms with Gasteiger partial charge in [0.1, 0.15) is 6.61 Å². The quantitative estimate of drug-likeness (QED) is 0.877. The summed E-state index contributed by atoms with van der Waals surface area (Å²) in [5.41, 5.74) is 3.14. The third-order valence-corrected chi connectivity index (χ3v) is 4.54. The monoisotopic (exact) mass is 365 g/mol. The molecule has 4 rings (SSSR count). The number of ether oxygens (including phenoxy) is 3. The second-order valence-electron chi connectivity index (χ2n) is 6.36. The van der Waals surface area contributed by atoms with Crippen LogP contribution in [0.15, 0.2) is 48.5 Å². The number of carbonyl (C=O) groups excluding carboxylic acids is 2. The van der Waals surface area contributed by atoms with Crippen LogP contribution in [-0.2, 0) is 22.7 Å². The van der Waals surface area contributed by atoms with E-state index >= 15 is 0 Å². The van der Waals surface area contributed by atoms with Crippen molar-refractivity contribution in [2.75, 3.05) is 6.79 Å². The van der Waals surface area contributed by atoms with Crippen LogP contribution in [0.1, 0.15) is 29.5 Å². The number of allylic oxidation sites excluding steroid dienone is 2. The molecule has 6 heteroatoms. The molecule has 2 aliphatic rings. The van der Waals surface area contributed by atoms with Crippen molar-refractivity contribution in [2.45, 2.75) is 26.0 Å². The summed E-state index contributed by atoms with van der Waals surface area (Å²) in [4.78, 5) is 24.2. The zero-order valence-corrected chi connectivity index (χ0v) is 14.7. The lowest BCUT2D eigenvalue weighted by Gasteiger charge is -2.13. The van der Waals surface area contributed by atoms with E-state index in [0.717, 1.165) is 23.1 Å². The van der Waals surface area contributed by atoms with Crippen molar-refractivity contribution < 1.29 is 23.8 Å². The fourth-order valence-corrected chi connectivity index (χ4v) is 3.18. The van der Waals surface area contributed by atoms with Crippen LogP contribution in [0.2, 0.25) is 0 Å². The van der Waals surface area contributed by atoms with Gasteiger partial charge in [-0.15, -0.1) is 0 Å². The van der Waals surface area contributed by atoms with Crippen molar-refractivity contribution in [1.29, 1.82) is 0 Å². The van der Waals surface area contributed by atoms with E-state index in [4.69, 9.17) is 14.2 Å². The number of benzene rings is 2. The molecule has 138 valence electrons. The number of nitrogens with one attached hydrogen (secondary N) is 1. The van der Waals surface area contributed by atoms with E-state index in [2.05, 4.69) is 5.32 Å². The highest BCUT2D eigenvalue weighted by Gasteiger charge is 2.24. The Labute approximate surface area is 156 Å². The molecule has 0 aromatic heterocycles. The van der Waals surface area contributed by atoms with E-state index in [1.165, 1.54) is 0 Å². The highest BCUT2D eigenvalue weighted by atomic mass is 16.7. The van der Waals surface area contributed by atoms with Gasteiger partial charge in [-0.05, 0) is 35.2 Å². The molecule has 0 saturated heterocycles. The number of hydrogen-bond donors (Lipinski definition) is 1. The first-order valence-corrected chi connectivity index (χ1v) is 8.81. The highest BCUT2D eigenvalue weighted by molar-refractivity contribution is 6.23. The second-order valence-corrected chi connectivity index (χ2v) is 6.36. The minimum atomic E-state index is -0.519. The van der Waals surface area contributed by atoms with Gasteiger partial charge in [-0.1, -0.05) is 36.4 Å². The van der Waals surface area contributed by atoms with Gasteiger partial charge in [-0.25, -0.2) is 4.79 Å². The Kier molecular flexibility index (Phi) is 4.78. The van der Waals surface area contributed by atoms with E-state index in [0.29, 0.717) is 23.5 Å². The SMILES string of the molecule is O=C(NCc1cc2c(cc1C1=CCCC1=O)OCO2)OCc1ccccc1. The molecule has 27 heavy (non-hydrogen) atoms. The average Bonchev–Trinajstić information content (AvgIpc) is 3.32. The van der Waals surface area contributed by atoms with Crippen LogP contribution in [0.25, 0.3) is 5.57 Å². The first-order valence-electron chi connectivity index (χ1n) is 8.81. The van der Waals surface area contributed by atoms with Crippen LogP contribution in [0, 0.1) is 0 Å². The van der Waals surface area contributed by atoms with Gasteiger partial charge in [-0.3, -0.25) is 4.79 Å². The number of carbonyl (C=O) groups is 2. The zero-order valence-electron chi connectivity index (χ0n) is 14.7. The molecule has 0 radical (unpaired) electrons. The second kappa shape index (κ2) is 7.53. The Balaban J connectivity index is 1.46. The minimum Gasteiger partial charge on any atom is -0.454 e. The number of ketones is 1. The molecule has 1 aliphatic carbocycles. The molecule has 0 spiro atoms. The lowest BCUT2D eigenvalue weighted by atomic mass is 9.97. The summed E-state index contributed by atoms with van der Waals surface area (Å²) in [6.45, 7) is 0.576.